The van der Waals surface area contributed by atoms with Gasteiger partial charge in [-0.2, -0.15) is 0 Å². The standard InChI is InChI=1S/C14H25N3O2S/c1-12(10-15-2)11-17(5)13-6-8-14(9-7-13)20(18,19)16(3)4/h6-9,12,15H,10-11H2,1-5H3. The Kier molecular flexibility index (Phi) is 5.98. The van der Waals surface area contributed by atoms with Crippen LogP contribution in [0.3, 0.4) is 0 Å². The molecule has 0 radical (unpaired) electrons. The molecule has 6 heteroatoms. The van der Waals surface area contributed by atoms with E-state index in [1.807, 2.05) is 26.2 Å². The number of nitrogens with zero attached hydrogens (tertiary/aromatic N) is 2. The van der Waals surface area contributed by atoms with E-state index in [2.05, 4.69) is 17.1 Å². The van der Waals surface area contributed by atoms with Crippen molar-refractivity contribution in [1.29, 1.82) is 0 Å². The first kappa shape index (κ1) is 16.9. The molecule has 0 heterocycles. The van der Waals surface area contributed by atoms with E-state index < -0.39 is 10.0 Å². The fourth-order valence-electron chi connectivity index (χ4n) is 2.07. The lowest BCUT2D eigenvalue weighted by atomic mass is 10.1. The molecule has 1 atom stereocenters. The molecule has 1 rings (SSSR count). The van der Waals surface area contributed by atoms with E-state index >= 15 is 0 Å². The zero-order chi connectivity index (χ0) is 15.3. The largest absolute Gasteiger partial charge is 0.374 e. The third kappa shape index (κ3) is 4.19. The molecule has 0 bridgehead atoms. The van der Waals surface area contributed by atoms with Gasteiger partial charge in [0.25, 0.3) is 0 Å². The van der Waals surface area contributed by atoms with E-state index in [0.29, 0.717) is 10.8 Å². The summed E-state index contributed by atoms with van der Waals surface area (Å²) in [4.78, 5) is 2.46. The van der Waals surface area contributed by atoms with Gasteiger partial charge in [0.1, 0.15) is 0 Å². The highest BCUT2D eigenvalue weighted by Crippen LogP contribution is 2.19. The van der Waals surface area contributed by atoms with Crippen molar-refractivity contribution in [2.45, 2.75) is 11.8 Å². The lowest BCUT2D eigenvalue weighted by Crippen LogP contribution is -2.29. The van der Waals surface area contributed by atoms with Crippen LogP contribution in [-0.2, 0) is 10.0 Å². The van der Waals surface area contributed by atoms with E-state index in [1.54, 1.807) is 12.1 Å². The van der Waals surface area contributed by atoms with Crippen molar-refractivity contribution in [3.8, 4) is 0 Å². The summed E-state index contributed by atoms with van der Waals surface area (Å²) in [5.74, 6) is 0.523. The lowest BCUT2D eigenvalue weighted by molar-refractivity contribution is 0.520. The molecule has 1 unspecified atom stereocenters. The summed E-state index contributed by atoms with van der Waals surface area (Å²) in [6, 6.07) is 7.01. The molecule has 0 aliphatic heterocycles. The number of anilines is 1. The molecule has 1 aromatic rings. The molecule has 0 fully saturated rings. The van der Waals surface area contributed by atoms with Crippen molar-refractivity contribution < 1.29 is 8.42 Å². The fourth-order valence-corrected chi connectivity index (χ4v) is 2.97. The fraction of sp³-hybridized carbons (Fsp3) is 0.571. The molecule has 0 saturated heterocycles. The zero-order valence-electron chi connectivity index (χ0n) is 12.9. The Labute approximate surface area is 122 Å². The second-order valence-corrected chi connectivity index (χ2v) is 7.48. The molecule has 1 aromatic carbocycles. The van der Waals surface area contributed by atoms with Crippen LogP contribution in [0.25, 0.3) is 0 Å². The van der Waals surface area contributed by atoms with E-state index in [-0.39, 0.29) is 0 Å². The van der Waals surface area contributed by atoms with E-state index in [0.717, 1.165) is 18.8 Å². The smallest absolute Gasteiger partial charge is 0.242 e. The molecule has 20 heavy (non-hydrogen) atoms. The minimum atomic E-state index is -3.35. The molecule has 0 aliphatic rings. The second-order valence-electron chi connectivity index (χ2n) is 5.32. The third-order valence-electron chi connectivity index (χ3n) is 3.19. The van der Waals surface area contributed by atoms with Crippen molar-refractivity contribution in [2.75, 3.05) is 46.2 Å². The van der Waals surface area contributed by atoms with Crippen LogP contribution in [0.2, 0.25) is 0 Å². The van der Waals surface area contributed by atoms with Gasteiger partial charge in [-0.05, 0) is 43.8 Å². The Morgan fingerprint density at radius 3 is 2.15 bits per heavy atom. The van der Waals surface area contributed by atoms with E-state index in [1.165, 1.54) is 18.4 Å². The zero-order valence-corrected chi connectivity index (χ0v) is 13.7. The van der Waals surface area contributed by atoms with Crippen LogP contribution < -0.4 is 10.2 Å². The summed E-state index contributed by atoms with van der Waals surface area (Å²) in [7, 11) is 3.68. The Morgan fingerprint density at radius 2 is 1.70 bits per heavy atom. The van der Waals surface area contributed by atoms with Gasteiger partial charge in [-0.15, -0.1) is 0 Å². The normalized spacial score (nSPS) is 13.5. The van der Waals surface area contributed by atoms with Crippen molar-refractivity contribution in [2.24, 2.45) is 5.92 Å². The Hall–Kier alpha value is -1.11. The van der Waals surface area contributed by atoms with Gasteiger partial charge in [0, 0.05) is 33.4 Å². The van der Waals surface area contributed by atoms with Crippen molar-refractivity contribution in [3.05, 3.63) is 24.3 Å². The summed E-state index contributed by atoms with van der Waals surface area (Å²) in [5, 5.41) is 3.15. The molecule has 0 aromatic heterocycles. The predicted molar refractivity (Wildman–Crippen MR) is 83.7 cm³/mol. The molecule has 1 N–H and O–H groups in total. The van der Waals surface area contributed by atoms with Gasteiger partial charge in [0.2, 0.25) is 10.0 Å². The summed E-state index contributed by atoms with van der Waals surface area (Å²) in [6.07, 6.45) is 0. The molecule has 0 saturated carbocycles. The Bertz CT molecular complexity index is 512. The van der Waals surface area contributed by atoms with Gasteiger partial charge >= 0.3 is 0 Å². The first-order valence-electron chi connectivity index (χ1n) is 6.67. The topological polar surface area (TPSA) is 52.7 Å². The van der Waals surface area contributed by atoms with Crippen LogP contribution in [0.5, 0.6) is 0 Å². The maximum absolute atomic E-state index is 12.0. The highest BCUT2D eigenvalue weighted by molar-refractivity contribution is 7.89. The number of rotatable bonds is 7. The van der Waals surface area contributed by atoms with E-state index in [9.17, 15) is 8.42 Å². The summed E-state index contributed by atoms with van der Waals surface area (Å²) in [5.41, 5.74) is 1.02. The number of nitrogens with one attached hydrogen (secondary N) is 1. The van der Waals surface area contributed by atoms with E-state index in [4.69, 9.17) is 0 Å². The molecule has 0 spiro atoms. The highest BCUT2D eigenvalue weighted by atomic mass is 32.2. The monoisotopic (exact) mass is 299 g/mol. The molecular formula is C14H25N3O2S. The van der Waals surface area contributed by atoms with Gasteiger partial charge < -0.3 is 10.2 Å². The summed E-state index contributed by atoms with van der Waals surface area (Å²) >= 11 is 0. The third-order valence-corrected chi connectivity index (χ3v) is 5.02. The average molecular weight is 299 g/mol. The van der Waals surface area contributed by atoms with Crippen LogP contribution >= 0.6 is 0 Å². The number of hydrogen-bond acceptors (Lipinski definition) is 4. The Morgan fingerprint density at radius 1 is 1.15 bits per heavy atom. The SMILES string of the molecule is CNCC(C)CN(C)c1ccc(S(=O)(=O)N(C)C)cc1. The molecule has 0 aliphatic carbocycles. The number of benzene rings is 1. The van der Waals surface area contributed by atoms with Crippen LogP contribution in [0.15, 0.2) is 29.2 Å². The molecule has 0 amide bonds. The van der Waals surface area contributed by atoms with Gasteiger partial charge in [0.15, 0.2) is 0 Å². The van der Waals surface area contributed by atoms with Crippen molar-refractivity contribution in [1.82, 2.24) is 9.62 Å². The quantitative estimate of drug-likeness (QED) is 0.823. The molecular weight excluding hydrogens is 274 g/mol. The van der Waals surface area contributed by atoms with Crippen LogP contribution in [0.1, 0.15) is 6.92 Å². The van der Waals surface area contributed by atoms with Gasteiger partial charge in [-0.1, -0.05) is 6.92 Å². The second kappa shape index (κ2) is 7.06. The average Bonchev–Trinajstić information content (AvgIpc) is 2.38. The number of sulfonamides is 1. The van der Waals surface area contributed by atoms with Gasteiger partial charge in [-0.25, -0.2) is 12.7 Å². The summed E-state index contributed by atoms with van der Waals surface area (Å²) in [6.45, 7) is 4.05. The maximum Gasteiger partial charge on any atom is 0.242 e. The van der Waals surface area contributed by atoms with Crippen molar-refractivity contribution >= 4 is 15.7 Å². The molecule has 5 nitrogen and oxygen atoms in total. The van der Waals surface area contributed by atoms with Crippen LogP contribution in [0, 0.1) is 5.92 Å². The van der Waals surface area contributed by atoms with Crippen LogP contribution in [0.4, 0.5) is 5.69 Å². The minimum Gasteiger partial charge on any atom is -0.374 e. The van der Waals surface area contributed by atoms with Gasteiger partial charge in [-0.3, -0.25) is 0 Å². The molecule has 114 valence electrons. The maximum atomic E-state index is 12.0. The van der Waals surface area contributed by atoms with Crippen molar-refractivity contribution in [3.63, 3.8) is 0 Å². The first-order chi connectivity index (χ1) is 9.28. The first-order valence-corrected chi connectivity index (χ1v) is 8.11. The van der Waals surface area contributed by atoms with Gasteiger partial charge in [0.05, 0.1) is 4.90 Å². The summed E-state index contributed by atoms with van der Waals surface area (Å²) < 4.78 is 25.2. The highest BCUT2D eigenvalue weighted by Gasteiger charge is 2.17. The van der Waals surface area contributed by atoms with Crippen LogP contribution in [-0.4, -0.2) is 54.0 Å². The minimum absolute atomic E-state index is 0.322. The lowest BCUT2D eigenvalue weighted by Gasteiger charge is -2.23. The predicted octanol–water partition coefficient (Wildman–Crippen LogP) is 1.23. The Balaban J connectivity index is 2.81. The number of hydrogen-bond donors (Lipinski definition) is 1.